The summed E-state index contributed by atoms with van der Waals surface area (Å²) in [4.78, 5) is 8.98. The number of ether oxygens (including phenoxy) is 2. The summed E-state index contributed by atoms with van der Waals surface area (Å²) in [5, 5.41) is 1.28. The summed E-state index contributed by atoms with van der Waals surface area (Å²) in [5.74, 6) is 1.84. The molecule has 3 aromatic carbocycles. The van der Waals surface area contributed by atoms with Gasteiger partial charge in [-0.1, -0.05) is 44.9 Å². The predicted molar refractivity (Wildman–Crippen MR) is 162 cm³/mol. The smallest absolute Gasteiger partial charge is 0.161 e. The van der Waals surface area contributed by atoms with Crippen LogP contribution in [0.15, 0.2) is 60.7 Å². The van der Waals surface area contributed by atoms with Gasteiger partial charge in [0.1, 0.15) is 0 Å². The average molecular weight is 524 g/mol. The Bertz CT molecular complexity index is 1430. The Labute approximate surface area is 232 Å². The first-order chi connectivity index (χ1) is 19.1. The van der Waals surface area contributed by atoms with Crippen LogP contribution in [0, 0.1) is 0 Å². The van der Waals surface area contributed by atoms with Gasteiger partial charge in [0.15, 0.2) is 11.5 Å². The van der Waals surface area contributed by atoms with E-state index in [4.69, 9.17) is 9.47 Å². The Hall–Kier alpha value is -3.44. The quantitative estimate of drug-likeness (QED) is 0.269. The lowest BCUT2D eigenvalue weighted by Crippen LogP contribution is -2.49. The molecule has 6 rings (SSSR count). The number of nitrogens with one attached hydrogen (secondary N) is 1. The molecule has 2 heterocycles. The summed E-state index contributed by atoms with van der Waals surface area (Å²) in [6.07, 6.45) is 5.62. The van der Waals surface area contributed by atoms with Crippen molar-refractivity contribution < 1.29 is 9.47 Å². The topological polar surface area (TPSA) is 40.7 Å². The molecule has 2 aliphatic rings. The van der Waals surface area contributed by atoms with Crippen molar-refractivity contribution in [3.8, 4) is 33.9 Å². The number of fused-ring (bicyclic) bond motifs is 1. The Morgan fingerprint density at radius 2 is 1.41 bits per heavy atom. The first-order valence-corrected chi connectivity index (χ1v) is 14.5. The number of H-pyrrole nitrogens is 1. The van der Waals surface area contributed by atoms with Gasteiger partial charge < -0.3 is 19.4 Å². The Morgan fingerprint density at radius 1 is 0.744 bits per heavy atom. The van der Waals surface area contributed by atoms with Crippen molar-refractivity contribution in [3.05, 3.63) is 66.2 Å². The molecule has 39 heavy (non-hydrogen) atoms. The third kappa shape index (κ3) is 5.00. The summed E-state index contributed by atoms with van der Waals surface area (Å²) in [5.41, 5.74) is 8.58. The normalized spacial score (nSPS) is 16.9. The minimum atomic E-state index is 0.363. The molecule has 1 aliphatic carbocycles. The fraction of sp³-hybridized carbons (Fsp3) is 0.412. The molecule has 1 aliphatic heterocycles. The van der Waals surface area contributed by atoms with Crippen molar-refractivity contribution in [2.24, 2.45) is 0 Å². The second-order valence-corrected chi connectivity index (χ2v) is 11.4. The van der Waals surface area contributed by atoms with Gasteiger partial charge >= 0.3 is 0 Å². The highest BCUT2D eigenvalue weighted by molar-refractivity contribution is 5.94. The number of benzene rings is 3. The van der Waals surface area contributed by atoms with E-state index in [1.165, 1.54) is 66.5 Å². The predicted octanol–water partition coefficient (Wildman–Crippen LogP) is 7.71. The number of nitrogens with zero attached hydrogens (tertiary/aromatic N) is 2. The van der Waals surface area contributed by atoms with E-state index >= 15 is 0 Å². The van der Waals surface area contributed by atoms with Gasteiger partial charge in [0.05, 0.1) is 19.9 Å². The first kappa shape index (κ1) is 25.8. The lowest BCUT2D eigenvalue weighted by Gasteiger charge is -2.39. The van der Waals surface area contributed by atoms with E-state index in [2.05, 4.69) is 83.2 Å². The highest BCUT2D eigenvalue weighted by Crippen LogP contribution is 2.40. The van der Waals surface area contributed by atoms with E-state index in [0.29, 0.717) is 5.92 Å². The van der Waals surface area contributed by atoms with Gasteiger partial charge in [-0.15, -0.1) is 0 Å². The molecule has 1 saturated carbocycles. The number of hydrogen-bond donors (Lipinski definition) is 1. The van der Waals surface area contributed by atoms with Crippen molar-refractivity contribution in [2.75, 3.05) is 45.3 Å². The third-order valence-electron chi connectivity index (χ3n) is 8.81. The molecule has 0 bridgehead atoms. The summed E-state index contributed by atoms with van der Waals surface area (Å²) < 4.78 is 11.0. The molecular weight excluding hydrogens is 482 g/mol. The van der Waals surface area contributed by atoms with Crippen LogP contribution in [-0.2, 0) is 0 Å². The Balaban J connectivity index is 1.25. The minimum absolute atomic E-state index is 0.363. The highest BCUT2D eigenvalue weighted by Gasteiger charge is 2.26. The summed E-state index contributed by atoms with van der Waals surface area (Å²) in [6, 6.07) is 23.0. The van der Waals surface area contributed by atoms with Gasteiger partial charge in [-0.25, -0.2) is 0 Å². The highest BCUT2D eigenvalue weighted by atomic mass is 16.5. The van der Waals surface area contributed by atoms with Gasteiger partial charge in [0.25, 0.3) is 0 Å². The molecule has 0 amide bonds. The van der Waals surface area contributed by atoms with E-state index in [-0.39, 0.29) is 0 Å². The van der Waals surface area contributed by atoms with Crippen LogP contribution in [0.4, 0.5) is 5.69 Å². The van der Waals surface area contributed by atoms with Crippen LogP contribution in [0.2, 0.25) is 0 Å². The van der Waals surface area contributed by atoms with Crippen molar-refractivity contribution in [3.63, 3.8) is 0 Å². The lowest BCUT2D eigenvalue weighted by atomic mass is 9.94. The largest absolute Gasteiger partial charge is 0.493 e. The molecule has 2 fully saturated rings. The average Bonchev–Trinajstić information content (AvgIpc) is 3.65. The first-order valence-electron chi connectivity index (χ1n) is 14.5. The molecule has 0 unspecified atom stereocenters. The number of aromatic amines is 1. The molecule has 4 aromatic rings. The van der Waals surface area contributed by atoms with Gasteiger partial charge in [0.2, 0.25) is 0 Å². The summed E-state index contributed by atoms with van der Waals surface area (Å²) >= 11 is 0. The number of piperazine rings is 1. The number of methoxy groups -OCH3 is 2. The molecule has 1 saturated heterocycles. The van der Waals surface area contributed by atoms with Gasteiger partial charge in [-0.3, -0.25) is 4.90 Å². The van der Waals surface area contributed by atoms with Crippen molar-refractivity contribution in [1.29, 1.82) is 0 Å². The molecule has 204 valence electrons. The minimum Gasteiger partial charge on any atom is -0.493 e. The zero-order chi connectivity index (χ0) is 26.9. The second kappa shape index (κ2) is 11.0. The summed E-state index contributed by atoms with van der Waals surface area (Å²) in [6.45, 7) is 9.17. The van der Waals surface area contributed by atoms with Crippen molar-refractivity contribution >= 4 is 16.6 Å². The van der Waals surface area contributed by atoms with E-state index < -0.39 is 0 Å². The molecule has 5 heteroatoms. The molecule has 0 atom stereocenters. The maximum absolute atomic E-state index is 5.59. The SMILES string of the molecule is COc1ccc(-c2[nH]c3ccc(-c4ccc(N5CCN(C6CCCC6)CC5)cc4)cc3c2C(C)C)cc1OC. The molecule has 0 radical (unpaired) electrons. The van der Waals surface area contributed by atoms with Crippen LogP contribution in [0.3, 0.4) is 0 Å². The second-order valence-electron chi connectivity index (χ2n) is 11.4. The summed E-state index contributed by atoms with van der Waals surface area (Å²) in [7, 11) is 3.36. The number of rotatable bonds is 7. The lowest BCUT2D eigenvalue weighted by molar-refractivity contribution is 0.187. The van der Waals surface area contributed by atoms with Crippen molar-refractivity contribution in [2.45, 2.75) is 51.5 Å². The Morgan fingerprint density at radius 3 is 2.08 bits per heavy atom. The van der Waals surface area contributed by atoms with E-state index in [9.17, 15) is 0 Å². The zero-order valence-corrected chi connectivity index (χ0v) is 23.8. The monoisotopic (exact) mass is 523 g/mol. The van der Waals surface area contributed by atoms with Gasteiger partial charge in [0, 0.05) is 54.4 Å². The fourth-order valence-electron chi connectivity index (χ4n) is 6.69. The van der Waals surface area contributed by atoms with Crippen LogP contribution in [-0.4, -0.2) is 56.3 Å². The fourth-order valence-corrected chi connectivity index (χ4v) is 6.69. The zero-order valence-electron chi connectivity index (χ0n) is 23.8. The van der Waals surface area contributed by atoms with E-state index in [0.717, 1.165) is 47.4 Å². The van der Waals surface area contributed by atoms with Crippen molar-refractivity contribution in [1.82, 2.24) is 9.88 Å². The van der Waals surface area contributed by atoms with Gasteiger partial charge in [-0.2, -0.15) is 0 Å². The third-order valence-corrected chi connectivity index (χ3v) is 8.81. The van der Waals surface area contributed by atoms with Crippen LogP contribution in [0.5, 0.6) is 11.5 Å². The molecule has 5 nitrogen and oxygen atoms in total. The maximum atomic E-state index is 5.59. The maximum Gasteiger partial charge on any atom is 0.161 e. The molecule has 0 spiro atoms. The molecule has 1 aromatic heterocycles. The Kier molecular flexibility index (Phi) is 7.26. The van der Waals surface area contributed by atoms with E-state index in [1.807, 2.05) is 6.07 Å². The van der Waals surface area contributed by atoms with Crippen LogP contribution in [0.1, 0.15) is 51.0 Å². The van der Waals surface area contributed by atoms with Crippen LogP contribution in [0.25, 0.3) is 33.3 Å². The van der Waals surface area contributed by atoms with Crippen LogP contribution < -0.4 is 14.4 Å². The standard InChI is InChI=1S/C34H41N3O2/c1-23(2)33-29-21-25(11-15-30(29)35-34(33)26-12-16-31(38-3)32(22-26)39-4)24-9-13-28(14-10-24)37-19-17-36(18-20-37)27-7-5-6-8-27/h9-16,21-23,27,35H,5-8,17-20H2,1-4H3. The van der Waals surface area contributed by atoms with Crippen LogP contribution >= 0.6 is 0 Å². The number of hydrogen-bond acceptors (Lipinski definition) is 4. The molecular formula is C34H41N3O2. The number of anilines is 1. The molecule has 1 N–H and O–H groups in total. The van der Waals surface area contributed by atoms with E-state index in [1.54, 1.807) is 14.2 Å². The number of aromatic nitrogens is 1. The van der Waals surface area contributed by atoms with Gasteiger partial charge in [-0.05, 0) is 77.9 Å².